The Balaban J connectivity index is 2.24. The van der Waals surface area contributed by atoms with Crippen molar-refractivity contribution in [1.29, 1.82) is 0 Å². The number of ether oxygens (including phenoxy) is 2. The average molecular weight is 251 g/mol. The number of piperidine rings is 1. The molecule has 0 spiro atoms. The summed E-state index contributed by atoms with van der Waals surface area (Å²) < 4.78 is 10.7. The van der Waals surface area contributed by atoms with E-state index in [9.17, 15) is 5.11 Å². The van der Waals surface area contributed by atoms with Crippen LogP contribution in [0.15, 0.2) is 12.1 Å². The highest BCUT2D eigenvalue weighted by Crippen LogP contribution is 2.39. The van der Waals surface area contributed by atoms with Crippen molar-refractivity contribution < 1.29 is 14.6 Å². The molecule has 2 N–H and O–H groups in total. The first kappa shape index (κ1) is 13.0. The molecule has 0 unspecified atom stereocenters. The number of benzene rings is 1. The minimum atomic E-state index is 0.297. The van der Waals surface area contributed by atoms with Crippen molar-refractivity contribution in [2.24, 2.45) is 5.92 Å². The van der Waals surface area contributed by atoms with Gasteiger partial charge in [0.05, 0.1) is 14.2 Å². The van der Waals surface area contributed by atoms with E-state index in [1.54, 1.807) is 26.4 Å². The third-order valence-electron chi connectivity index (χ3n) is 3.58. The Morgan fingerprint density at radius 1 is 1.22 bits per heavy atom. The van der Waals surface area contributed by atoms with Crippen LogP contribution in [0.3, 0.4) is 0 Å². The van der Waals surface area contributed by atoms with Crippen LogP contribution in [-0.4, -0.2) is 32.4 Å². The molecule has 0 saturated carbocycles. The molecule has 1 aliphatic heterocycles. The molecule has 1 aromatic carbocycles. The first-order chi connectivity index (χ1) is 8.76. The highest BCUT2D eigenvalue weighted by atomic mass is 16.5. The Hall–Kier alpha value is -1.42. The predicted molar refractivity (Wildman–Crippen MR) is 70.5 cm³/mol. The van der Waals surface area contributed by atoms with Crippen molar-refractivity contribution in [3.63, 3.8) is 0 Å². The minimum Gasteiger partial charge on any atom is -0.508 e. The van der Waals surface area contributed by atoms with Gasteiger partial charge in [-0.2, -0.15) is 0 Å². The van der Waals surface area contributed by atoms with Crippen LogP contribution >= 0.6 is 0 Å². The van der Waals surface area contributed by atoms with Crippen LogP contribution in [-0.2, 0) is 6.42 Å². The molecule has 0 atom stereocenters. The Morgan fingerprint density at radius 3 is 2.56 bits per heavy atom. The van der Waals surface area contributed by atoms with Gasteiger partial charge in [0.1, 0.15) is 5.75 Å². The number of hydrogen-bond acceptors (Lipinski definition) is 4. The molecule has 0 aromatic heterocycles. The number of aromatic hydroxyl groups is 1. The zero-order chi connectivity index (χ0) is 13.0. The summed E-state index contributed by atoms with van der Waals surface area (Å²) in [6.45, 7) is 2.11. The summed E-state index contributed by atoms with van der Waals surface area (Å²) in [7, 11) is 3.23. The summed E-state index contributed by atoms with van der Waals surface area (Å²) >= 11 is 0. The van der Waals surface area contributed by atoms with E-state index in [0.29, 0.717) is 23.2 Å². The van der Waals surface area contributed by atoms with Gasteiger partial charge in [-0.15, -0.1) is 0 Å². The molecule has 1 heterocycles. The lowest BCUT2D eigenvalue weighted by Crippen LogP contribution is -2.28. The Labute approximate surface area is 108 Å². The second-order valence-corrected chi connectivity index (χ2v) is 4.70. The summed E-state index contributed by atoms with van der Waals surface area (Å²) in [4.78, 5) is 0. The quantitative estimate of drug-likeness (QED) is 0.859. The molecule has 2 rings (SSSR count). The van der Waals surface area contributed by atoms with E-state index in [-0.39, 0.29) is 0 Å². The fourth-order valence-electron chi connectivity index (χ4n) is 2.55. The Kier molecular flexibility index (Phi) is 4.31. The van der Waals surface area contributed by atoms with Crippen LogP contribution in [0.2, 0.25) is 0 Å². The van der Waals surface area contributed by atoms with E-state index >= 15 is 0 Å². The standard InChI is InChI=1S/C14H21NO3/c1-17-13-4-3-12(16)11(14(13)18-2)9-10-5-7-15-8-6-10/h3-4,10,15-16H,5-9H2,1-2H3. The van der Waals surface area contributed by atoms with Gasteiger partial charge in [0.25, 0.3) is 0 Å². The lowest BCUT2D eigenvalue weighted by molar-refractivity contribution is 0.332. The fraction of sp³-hybridized carbons (Fsp3) is 0.571. The molecule has 0 amide bonds. The van der Waals surface area contributed by atoms with E-state index in [4.69, 9.17) is 9.47 Å². The Bertz CT molecular complexity index is 400. The first-order valence-electron chi connectivity index (χ1n) is 6.39. The molecular formula is C14H21NO3. The van der Waals surface area contributed by atoms with Gasteiger partial charge in [0, 0.05) is 5.56 Å². The van der Waals surface area contributed by atoms with Crippen molar-refractivity contribution >= 4 is 0 Å². The van der Waals surface area contributed by atoms with Gasteiger partial charge < -0.3 is 19.9 Å². The van der Waals surface area contributed by atoms with Crippen molar-refractivity contribution in [3.8, 4) is 17.2 Å². The lowest BCUT2D eigenvalue weighted by atomic mass is 9.90. The number of rotatable bonds is 4. The summed E-state index contributed by atoms with van der Waals surface area (Å²) in [5.41, 5.74) is 0.865. The number of methoxy groups -OCH3 is 2. The van der Waals surface area contributed by atoms with E-state index in [1.807, 2.05) is 0 Å². The third kappa shape index (κ3) is 2.70. The topological polar surface area (TPSA) is 50.7 Å². The number of nitrogens with one attached hydrogen (secondary N) is 1. The molecule has 1 aromatic rings. The Morgan fingerprint density at radius 2 is 1.94 bits per heavy atom. The molecule has 100 valence electrons. The van der Waals surface area contributed by atoms with Gasteiger partial charge >= 0.3 is 0 Å². The van der Waals surface area contributed by atoms with Crippen LogP contribution in [0.1, 0.15) is 18.4 Å². The fourth-order valence-corrected chi connectivity index (χ4v) is 2.55. The summed E-state index contributed by atoms with van der Waals surface area (Å²) in [5.74, 6) is 2.24. The lowest BCUT2D eigenvalue weighted by Gasteiger charge is -2.24. The average Bonchev–Trinajstić information content (AvgIpc) is 2.42. The highest BCUT2D eigenvalue weighted by molar-refractivity contribution is 5.53. The van der Waals surface area contributed by atoms with Crippen molar-refractivity contribution in [3.05, 3.63) is 17.7 Å². The number of hydrogen-bond donors (Lipinski definition) is 2. The van der Waals surface area contributed by atoms with Gasteiger partial charge in [0.15, 0.2) is 11.5 Å². The molecule has 1 fully saturated rings. The van der Waals surface area contributed by atoms with Crippen LogP contribution in [0.4, 0.5) is 0 Å². The highest BCUT2D eigenvalue weighted by Gasteiger charge is 2.20. The molecule has 4 nitrogen and oxygen atoms in total. The maximum atomic E-state index is 10.0. The van der Waals surface area contributed by atoms with Crippen LogP contribution in [0.5, 0.6) is 17.2 Å². The van der Waals surface area contributed by atoms with E-state index in [1.165, 1.54) is 0 Å². The van der Waals surface area contributed by atoms with Crippen molar-refractivity contribution in [1.82, 2.24) is 5.32 Å². The molecule has 4 heteroatoms. The molecule has 0 radical (unpaired) electrons. The smallest absolute Gasteiger partial charge is 0.167 e. The van der Waals surface area contributed by atoms with E-state index in [2.05, 4.69) is 5.32 Å². The zero-order valence-corrected chi connectivity index (χ0v) is 11.0. The maximum absolute atomic E-state index is 10.0. The summed E-state index contributed by atoms with van der Waals surface area (Å²) in [6, 6.07) is 3.41. The second-order valence-electron chi connectivity index (χ2n) is 4.70. The first-order valence-corrected chi connectivity index (χ1v) is 6.39. The minimum absolute atomic E-state index is 0.297. The summed E-state index contributed by atoms with van der Waals surface area (Å²) in [6.07, 6.45) is 3.12. The molecular weight excluding hydrogens is 230 g/mol. The zero-order valence-electron chi connectivity index (χ0n) is 11.0. The number of phenols is 1. The van der Waals surface area contributed by atoms with Gasteiger partial charge in [0.2, 0.25) is 0 Å². The van der Waals surface area contributed by atoms with Gasteiger partial charge in [-0.05, 0) is 50.4 Å². The van der Waals surface area contributed by atoms with Crippen LogP contribution in [0, 0.1) is 5.92 Å². The summed E-state index contributed by atoms with van der Waals surface area (Å²) in [5, 5.41) is 13.4. The predicted octanol–water partition coefficient (Wildman–Crippen LogP) is 1.95. The van der Waals surface area contributed by atoms with E-state index in [0.717, 1.165) is 37.9 Å². The maximum Gasteiger partial charge on any atom is 0.167 e. The third-order valence-corrected chi connectivity index (χ3v) is 3.58. The van der Waals surface area contributed by atoms with Gasteiger partial charge in [-0.1, -0.05) is 0 Å². The normalized spacial score (nSPS) is 16.6. The van der Waals surface area contributed by atoms with Gasteiger partial charge in [-0.3, -0.25) is 0 Å². The second kappa shape index (κ2) is 5.96. The monoisotopic (exact) mass is 251 g/mol. The molecule has 1 saturated heterocycles. The SMILES string of the molecule is COc1ccc(O)c(CC2CCNCC2)c1OC. The number of phenolic OH excluding ortho intramolecular Hbond substituents is 1. The van der Waals surface area contributed by atoms with Crippen molar-refractivity contribution in [2.45, 2.75) is 19.3 Å². The van der Waals surface area contributed by atoms with E-state index < -0.39 is 0 Å². The van der Waals surface area contributed by atoms with Crippen LogP contribution in [0.25, 0.3) is 0 Å². The largest absolute Gasteiger partial charge is 0.508 e. The molecule has 18 heavy (non-hydrogen) atoms. The van der Waals surface area contributed by atoms with Gasteiger partial charge in [-0.25, -0.2) is 0 Å². The van der Waals surface area contributed by atoms with Crippen LogP contribution < -0.4 is 14.8 Å². The molecule has 1 aliphatic rings. The molecule has 0 aliphatic carbocycles. The molecule has 0 bridgehead atoms. The van der Waals surface area contributed by atoms with Crippen molar-refractivity contribution in [2.75, 3.05) is 27.3 Å².